The Morgan fingerprint density at radius 3 is 2.67 bits per heavy atom. The number of halogens is 1. The van der Waals surface area contributed by atoms with Crippen molar-refractivity contribution >= 4 is 23.2 Å². The van der Waals surface area contributed by atoms with Crippen LogP contribution in [0.4, 0.5) is 5.69 Å². The lowest BCUT2D eigenvalue weighted by atomic mass is 9.74. The molecule has 3 heteroatoms. The maximum absolute atomic E-state index is 12.0. The first-order valence-electron chi connectivity index (χ1n) is 5.08. The number of carbonyl (C=O) groups is 1. The van der Waals surface area contributed by atoms with Crippen LogP contribution in [0.25, 0.3) is 0 Å². The van der Waals surface area contributed by atoms with Gasteiger partial charge in [-0.2, -0.15) is 0 Å². The van der Waals surface area contributed by atoms with Crippen molar-refractivity contribution in [2.24, 2.45) is 5.92 Å². The molecule has 2 nitrogen and oxygen atoms in total. The van der Waals surface area contributed by atoms with Crippen LogP contribution >= 0.6 is 11.6 Å². The molecule has 0 aliphatic carbocycles. The molecule has 0 bridgehead atoms. The highest BCUT2D eigenvalue weighted by molar-refractivity contribution is 6.34. The Morgan fingerprint density at radius 2 is 2.07 bits per heavy atom. The number of hydrogen-bond acceptors (Lipinski definition) is 1. The van der Waals surface area contributed by atoms with Crippen LogP contribution in [0.1, 0.15) is 26.3 Å². The Bertz CT molecular complexity index is 428. The molecule has 1 aliphatic heterocycles. The highest BCUT2D eigenvalue weighted by Gasteiger charge is 2.45. The van der Waals surface area contributed by atoms with E-state index in [0.717, 1.165) is 11.3 Å². The molecule has 1 atom stereocenters. The molecule has 0 unspecified atom stereocenters. The van der Waals surface area contributed by atoms with Crippen LogP contribution in [0, 0.1) is 5.92 Å². The van der Waals surface area contributed by atoms with Gasteiger partial charge in [0.1, 0.15) is 0 Å². The summed E-state index contributed by atoms with van der Waals surface area (Å²) in [6.45, 7) is 6.07. The normalized spacial score (nSPS) is 24.2. The smallest absolute Gasteiger partial charge is 0.235 e. The van der Waals surface area contributed by atoms with Gasteiger partial charge < -0.3 is 5.32 Å². The minimum absolute atomic E-state index is 0.0422. The van der Waals surface area contributed by atoms with Gasteiger partial charge in [-0.25, -0.2) is 0 Å². The van der Waals surface area contributed by atoms with Gasteiger partial charge >= 0.3 is 0 Å². The van der Waals surface area contributed by atoms with Crippen molar-refractivity contribution in [1.82, 2.24) is 0 Å². The summed E-state index contributed by atoms with van der Waals surface area (Å²) >= 11 is 6.05. The predicted octanol–water partition coefficient (Wildman–Crippen LogP) is 3.21. The second kappa shape index (κ2) is 3.24. The lowest BCUT2D eigenvalue weighted by molar-refractivity contribution is -0.121. The molecule has 0 fully saturated rings. The molecule has 0 radical (unpaired) electrons. The lowest BCUT2D eigenvalue weighted by Crippen LogP contribution is -2.36. The molecule has 0 saturated heterocycles. The Balaban J connectivity index is 2.65. The summed E-state index contributed by atoms with van der Waals surface area (Å²) < 4.78 is 0. The highest BCUT2D eigenvalue weighted by atomic mass is 35.5. The summed E-state index contributed by atoms with van der Waals surface area (Å²) in [5, 5.41) is 3.48. The van der Waals surface area contributed by atoms with E-state index in [0.29, 0.717) is 5.02 Å². The maximum Gasteiger partial charge on any atom is 0.235 e. The number of amides is 1. The molecule has 15 heavy (non-hydrogen) atoms. The molecule has 1 heterocycles. The molecule has 1 amide bonds. The summed E-state index contributed by atoms with van der Waals surface area (Å²) in [5.41, 5.74) is 1.33. The van der Waals surface area contributed by atoms with E-state index in [9.17, 15) is 4.79 Å². The van der Waals surface area contributed by atoms with Gasteiger partial charge in [-0.3, -0.25) is 4.79 Å². The summed E-state index contributed by atoms with van der Waals surface area (Å²) in [6.07, 6.45) is 0. The summed E-state index contributed by atoms with van der Waals surface area (Å²) in [7, 11) is 0. The number of hydrogen-bond donors (Lipinski definition) is 1. The van der Waals surface area contributed by atoms with E-state index < -0.39 is 5.41 Å². The number of benzene rings is 1. The Morgan fingerprint density at radius 1 is 1.40 bits per heavy atom. The van der Waals surface area contributed by atoms with Crippen molar-refractivity contribution in [2.75, 3.05) is 5.32 Å². The first kappa shape index (κ1) is 10.5. The Kier molecular flexibility index (Phi) is 2.27. The van der Waals surface area contributed by atoms with Crippen LogP contribution in [0.5, 0.6) is 0 Å². The third-order valence-electron chi connectivity index (χ3n) is 3.44. The summed E-state index contributed by atoms with van der Waals surface area (Å²) in [4.78, 5) is 12.0. The van der Waals surface area contributed by atoms with Crippen LogP contribution in [0.2, 0.25) is 5.02 Å². The fraction of sp³-hybridized carbons (Fsp3) is 0.417. The lowest BCUT2D eigenvalue weighted by Gasteiger charge is -2.26. The van der Waals surface area contributed by atoms with E-state index >= 15 is 0 Å². The molecule has 0 spiro atoms. The molecule has 1 aliphatic rings. The molecule has 1 aromatic carbocycles. The Hall–Kier alpha value is -1.02. The van der Waals surface area contributed by atoms with Crippen molar-refractivity contribution in [3.8, 4) is 0 Å². The van der Waals surface area contributed by atoms with Gasteiger partial charge in [0.15, 0.2) is 0 Å². The van der Waals surface area contributed by atoms with Crippen molar-refractivity contribution < 1.29 is 4.79 Å². The van der Waals surface area contributed by atoms with E-state index in [1.54, 1.807) is 6.07 Å². The van der Waals surface area contributed by atoms with Gasteiger partial charge in [0.05, 0.1) is 16.1 Å². The quantitative estimate of drug-likeness (QED) is 0.778. The summed E-state index contributed by atoms with van der Waals surface area (Å²) in [5.74, 6) is 0.290. The fourth-order valence-corrected chi connectivity index (χ4v) is 2.24. The molecule has 1 N–H and O–H groups in total. The van der Waals surface area contributed by atoms with Gasteiger partial charge in [0, 0.05) is 0 Å². The van der Waals surface area contributed by atoms with E-state index in [4.69, 9.17) is 11.6 Å². The largest absolute Gasteiger partial charge is 0.324 e. The van der Waals surface area contributed by atoms with Crippen molar-refractivity contribution in [1.29, 1.82) is 0 Å². The standard InChI is InChI=1S/C12H14ClNO/c1-7(2)12(3)8-5-4-6-9(13)10(8)14-11(12)15/h4-7H,1-3H3,(H,14,15)/t12-/m1/s1. The minimum Gasteiger partial charge on any atom is -0.324 e. The number of para-hydroxylation sites is 1. The van der Waals surface area contributed by atoms with Crippen LogP contribution in [0.3, 0.4) is 0 Å². The third-order valence-corrected chi connectivity index (χ3v) is 3.75. The van der Waals surface area contributed by atoms with Crippen LogP contribution in [0.15, 0.2) is 18.2 Å². The van der Waals surface area contributed by atoms with Gasteiger partial charge in [-0.1, -0.05) is 37.6 Å². The van der Waals surface area contributed by atoms with Crippen LogP contribution < -0.4 is 5.32 Å². The van der Waals surface area contributed by atoms with Gasteiger partial charge in [-0.05, 0) is 24.5 Å². The zero-order valence-electron chi connectivity index (χ0n) is 9.10. The first-order chi connectivity index (χ1) is 6.98. The first-order valence-corrected chi connectivity index (χ1v) is 5.46. The van der Waals surface area contributed by atoms with Crippen LogP contribution in [-0.2, 0) is 10.2 Å². The number of carbonyl (C=O) groups excluding carboxylic acids is 1. The fourth-order valence-electron chi connectivity index (χ4n) is 2.02. The zero-order valence-corrected chi connectivity index (χ0v) is 9.85. The van der Waals surface area contributed by atoms with E-state index in [1.165, 1.54) is 0 Å². The van der Waals surface area contributed by atoms with Crippen molar-refractivity contribution in [2.45, 2.75) is 26.2 Å². The molecule has 2 rings (SSSR count). The molecular weight excluding hydrogens is 210 g/mol. The SMILES string of the molecule is CC(C)[C@@]1(C)C(=O)Nc2c(Cl)cccc21. The third kappa shape index (κ3) is 1.28. The average molecular weight is 224 g/mol. The van der Waals surface area contributed by atoms with Gasteiger partial charge in [0.2, 0.25) is 5.91 Å². The average Bonchev–Trinajstić information content (AvgIpc) is 2.44. The highest BCUT2D eigenvalue weighted by Crippen LogP contribution is 2.45. The van der Waals surface area contributed by atoms with Crippen molar-refractivity contribution in [3.63, 3.8) is 0 Å². The maximum atomic E-state index is 12.0. The second-order valence-electron chi connectivity index (χ2n) is 4.47. The molecular formula is C12H14ClNO. The molecule has 1 aromatic rings. The predicted molar refractivity (Wildman–Crippen MR) is 62.3 cm³/mol. The second-order valence-corrected chi connectivity index (χ2v) is 4.88. The minimum atomic E-state index is -0.458. The van der Waals surface area contributed by atoms with E-state index in [-0.39, 0.29) is 11.8 Å². The van der Waals surface area contributed by atoms with E-state index in [2.05, 4.69) is 19.2 Å². The Labute approximate surface area is 94.6 Å². The number of rotatable bonds is 1. The topological polar surface area (TPSA) is 29.1 Å². The monoisotopic (exact) mass is 223 g/mol. The molecule has 0 saturated carbocycles. The molecule has 80 valence electrons. The van der Waals surface area contributed by atoms with Crippen molar-refractivity contribution in [3.05, 3.63) is 28.8 Å². The van der Waals surface area contributed by atoms with E-state index in [1.807, 2.05) is 19.1 Å². The van der Waals surface area contributed by atoms with Gasteiger partial charge in [0.25, 0.3) is 0 Å². The number of fused-ring (bicyclic) bond motifs is 1. The summed E-state index contributed by atoms with van der Waals surface area (Å²) in [6, 6.07) is 5.66. The van der Waals surface area contributed by atoms with Gasteiger partial charge in [-0.15, -0.1) is 0 Å². The zero-order chi connectivity index (χ0) is 11.2. The number of nitrogens with one attached hydrogen (secondary N) is 1. The van der Waals surface area contributed by atoms with Crippen LogP contribution in [-0.4, -0.2) is 5.91 Å². The molecule has 0 aromatic heterocycles. The number of anilines is 1.